The van der Waals surface area contributed by atoms with Crippen molar-refractivity contribution in [3.63, 3.8) is 0 Å². The van der Waals surface area contributed by atoms with Crippen LogP contribution in [0.1, 0.15) is 22.3 Å². The fourth-order valence-corrected chi connectivity index (χ4v) is 1.20. The van der Waals surface area contributed by atoms with Gasteiger partial charge in [0.2, 0.25) is 0 Å². The van der Waals surface area contributed by atoms with E-state index < -0.39 is 0 Å². The summed E-state index contributed by atoms with van der Waals surface area (Å²) >= 11 is 0. The number of esters is 1. The zero-order chi connectivity index (χ0) is 10.4. The first-order chi connectivity index (χ1) is 6.77. The van der Waals surface area contributed by atoms with Crippen molar-refractivity contribution in [2.75, 3.05) is 13.7 Å². The fourth-order valence-electron chi connectivity index (χ4n) is 1.20. The van der Waals surface area contributed by atoms with Crippen LogP contribution in [0, 0.1) is 0 Å². The third-order valence-electron chi connectivity index (χ3n) is 1.98. The molecule has 1 aromatic rings. The third kappa shape index (κ3) is 2.85. The molecule has 0 fully saturated rings. The highest BCUT2D eigenvalue weighted by Crippen LogP contribution is 2.07. The number of methoxy groups -OCH3 is 1. The lowest BCUT2D eigenvalue weighted by Crippen LogP contribution is -2.00. The van der Waals surface area contributed by atoms with Crippen LogP contribution in [0.5, 0.6) is 0 Å². The summed E-state index contributed by atoms with van der Waals surface area (Å²) in [5.74, 6) is -0.333. The van der Waals surface area contributed by atoms with E-state index in [1.165, 1.54) is 7.11 Å². The summed E-state index contributed by atoms with van der Waals surface area (Å²) in [5.41, 5.74) is 1.62. The molecule has 0 saturated heterocycles. The van der Waals surface area contributed by atoms with Gasteiger partial charge in [0.1, 0.15) is 0 Å². The van der Waals surface area contributed by atoms with E-state index in [0.717, 1.165) is 12.0 Å². The molecule has 0 aliphatic rings. The Bertz CT molecular complexity index is 290. The van der Waals surface area contributed by atoms with Crippen LogP contribution in [0.3, 0.4) is 0 Å². The first-order valence-corrected chi connectivity index (χ1v) is 4.53. The van der Waals surface area contributed by atoms with Gasteiger partial charge in [0.25, 0.3) is 0 Å². The van der Waals surface area contributed by atoms with Crippen molar-refractivity contribution < 1.29 is 14.6 Å². The standard InChI is InChI=1S/C11H13O3/c1-14-11(13)10-6-4-9(5-7-10)3-2-8-12/h4-7H,2-3,8H2,1H3. The number of carbonyl (C=O) groups is 1. The number of benzene rings is 1. The van der Waals surface area contributed by atoms with E-state index in [-0.39, 0.29) is 12.6 Å². The van der Waals surface area contributed by atoms with Crippen LogP contribution in [0.2, 0.25) is 0 Å². The quantitative estimate of drug-likeness (QED) is 0.685. The Hall–Kier alpha value is -1.35. The van der Waals surface area contributed by atoms with Gasteiger partial charge >= 0.3 is 5.97 Å². The number of aryl methyl sites for hydroxylation is 1. The smallest absolute Gasteiger partial charge is 0.337 e. The summed E-state index contributed by atoms with van der Waals surface area (Å²) in [6.45, 7) is -0.0568. The van der Waals surface area contributed by atoms with Crippen molar-refractivity contribution >= 4 is 5.97 Å². The summed E-state index contributed by atoms with van der Waals surface area (Å²) in [4.78, 5) is 11.1. The Morgan fingerprint density at radius 2 is 1.93 bits per heavy atom. The van der Waals surface area contributed by atoms with Gasteiger partial charge < -0.3 is 4.74 Å². The van der Waals surface area contributed by atoms with Crippen LogP contribution >= 0.6 is 0 Å². The molecule has 0 unspecified atom stereocenters. The van der Waals surface area contributed by atoms with Crippen LogP contribution in [0.4, 0.5) is 0 Å². The van der Waals surface area contributed by atoms with Gasteiger partial charge in [-0.3, -0.25) is 0 Å². The van der Waals surface area contributed by atoms with E-state index in [0.29, 0.717) is 12.0 Å². The maximum absolute atomic E-state index is 11.1. The monoisotopic (exact) mass is 193 g/mol. The molecule has 0 aliphatic carbocycles. The lowest BCUT2D eigenvalue weighted by Gasteiger charge is -2.01. The molecule has 0 spiro atoms. The van der Waals surface area contributed by atoms with E-state index in [9.17, 15) is 9.90 Å². The van der Waals surface area contributed by atoms with Gasteiger partial charge in [0.15, 0.2) is 0 Å². The Balaban J connectivity index is 2.63. The third-order valence-corrected chi connectivity index (χ3v) is 1.98. The average Bonchev–Trinajstić information content (AvgIpc) is 2.26. The zero-order valence-corrected chi connectivity index (χ0v) is 8.16. The second-order valence-electron chi connectivity index (χ2n) is 3.00. The van der Waals surface area contributed by atoms with Crippen molar-refractivity contribution in [1.29, 1.82) is 0 Å². The lowest BCUT2D eigenvalue weighted by atomic mass is 10.1. The predicted molar refractivity (Wildman–Crippen MR) is 51.7 cm³/mol. The molecule has 0 saturated carbocycles. The van der Waals surface area contributed by atoms with E-state index in [4.69, 9.17) is 0 Å². The second-order valence-corrected chi connectivity index (χ2v) is 3.00. The van der Waals surface area contributed by atoms with Gasteiger partial charge in [0, 0.05) is 0 Å². The van der Waals surface area contributed by atoms with Gasteiger partial charge in [0.05, 0.1) is 19.3 Å². The van der Waals surface area contributed by atoms with Crippen molar-refractivity contribution in [2.45, 2.75) is 12.8 Å². The number of hydrogen-bond acceptors (Lipinski definition) is 2. The van der Waals surface area contributed by atoms with Gasteiger partial charge in [-0.15, -0.1) is 0 Å². The molecule has 0 atom stereocenters. The summed E-state index contributed by atoms with van der Waals surface area (Å²) < 4.78 is 4.57. The molecule has 0 aliphatic heterocycles. The van der Waals surface area contributed by atoms with Gasteiger partial charge in [-0.1, -0.05) is 12.1 Å². The minimum absolute atomic E-state index is 0.0568. The van der Waals surface area contributed by atoms with Gasteiger partial charge in [-0.05, 0) is 30.5 Å². The molecular formula is C11H13O3. The largest absolute Gasteiger partial charge is 0.465 e. The molecule has 1 rings (SSSR count). The highest BCUT2D eigenvalue weighted by atomic mass is 16.5. The number of ether oxygens (including phenoxy) is 1. The predicted octanol–water partition coefficient (Wildman–Crippen LogP) is 1.84. The Kier molecular flexibility index (Phi) is 4.13. The maximum Gasteiger partial charge on any atom is 0.337 e. The summed E-state index contributed by atoms with van der Waals surface area (Å²) in [6, 6.07) is 7.13. The lowest BCUT2D eigenvalue weighted by molar-refractivity contribution is 0.0600. The highest BCUT2D eigenvalue weighted by molar-refractivity contribution is 5.89. The van der Waals surface area contributed by atoms with Crippen molar-refractivity contribution in [3.05, 3.63) is 35.4 Å². The summed E-state index contributed by atoms with van der Waals surface area (Å²) in [5, 5.41) is 10.3. The molecular weight excluding hydrogens is 180 g/mol. The molecule has 0 amide bonds. The van der Waals surface area contributed by atoms with Crippen LogP contribution in [0.25, 0.3) is 0 Å². The molecule has 0 N–H and O–H groups in total. The Morgan fingerprint density at radius 3 is 2.43 bits per heavy atom. The number of hydrogen-bond donors (Lipinski definition) is 0. The topological polar surface area (TPSA) is 46.2 Å². The second kappa shape index (κ2) is 5.40. The summed E-state index contributed by atoms with van der Waals surface area (Å²) in [6.07, 6.45) is 1.41. The molecule has 0 heterocycles. The van der Waals surface area contributed by atoms with Gasteiger partial charge in [-0.2, -0.15) is 0 Å². The van der Waals surface area contributed by atoms with Crippen molar-refractivity contribution in [1.82, 2.24) is 0 Å². The van der Waals surface area contributed by atoms with Gasteiger partial charge in [-0.25, -0.2) is 9.90 Å². The summed E-state index contributed by atoms with van der Waals surface area (Å²) in [7, 11) is 1.35. The van der Waals surface area contributed by atoms with Crippen LogP contribution in [-0.2, 0) is 16.3 Å². The Labute approximate surface area is 83.3 Å². The molecule has 0 aromatic heterocycles. The first-order valence-electron chi connectivity index (χ1n) is 4.53. The van der Waals surface area contributed by atoms with Crippen LogP contribution in [-0.4, -0.2) is 19.7 Å². The van der Waals surface area contributed by atoms with Crippen molar-refractivity contribution in [3.8, 4) is 0 Å². The number of rotatable bonds is 4. The SMILES string of the molecule is COC(=O)c1ccc(CCC[O])cc1. The fraction of sp³-hybridized carbons (Fsp3) is 0.364. The van der Waals surface area contributed by atoms with E-state index in [1.807, 2.05) is 12.1 Å². The zero-order valence-electron chi connectivity index (χ0n) is 8.16. The first kappa shape index (κ1) is 10.7. The average molecular weight is 193 g/mol. The van der Waals surface area contributed by atoms with Crippen LogP contribution in [0.15, 0.2) is 24.3 Å². The minimum atomic E-state index is -0.333. The van der Waals surface area contributed by atoms with E-state index in [1.54, 1.807) is 12.1 Å². The molecule has 0 bridgehead atoms. The van der Waals surface area contributed by atoms with Crippen LogP contribution < -0.4 is 0 Å². The molecule has 1 radical (unpaired) electrons. The molecule has 3 heteroatoms. The molecule has 3 nitrogen and oxygen atoms in total. The molecule has 14 heavy (non-hydrogen) atoms. The Morgan fingerprint density at radius 1 is 1.29 bits per heavy atom. The molecule has 1 aromatic carbocycles. The van der Waals surface area contributed by atoms with E-state index in [2.05, 4.69) is 4.74 Å². The highest BCUT2D eigenvalue weighted by Gasteiger charge is 2.03. The van der Waals surface area contributed by atoms with E-state index >= 15 is 0 Å². The van der Waals surface area contributed by atoms with Crippen molar-refractivity contribution in [2.24, 2.45) is 0 Å². The minimum Gasteiger partial charge on any atom is -0.465 e. The maximum atomic E-state index is 11.1. The normalized spacial score (nSPS) is 9.86. The molecule has 75 valence electrons. The number of carbonyl (C=O) groups excluding carboxylic acids is 1.